The fraction of sp³-hybridized carbons (Fsp3) is 0.500. The summed E-state index contributed by atoms with van der Waals surface area (Å²) in [4.78, 5) is 24.4. The van der Waals surface area contributed by atoms with E-state index in [1.54, 1.807) is 18.5 Å². The molecule has 0 fully saturated rings. The van der Waals surface area contributed by atoms with Crippen LogP contribution in [0.2, 0.25) is 0 Å². The average Bonchev–Trinajstić information content (AvgIpc) is 3.07. The monoisotopic (exact) mass is 388 g/mol. The largest absolute Gasteiger partial charge is 0.309 e. The van der Waals surface area contributed by atoms with E-state index in [4.69, 9.17) is 0 Å². The topological polar surface area (TPSA) is 76.9 Å². The van der Waals surface area contributed by atoms with Gasteiger partial charge in [-0.1, -0.05) is 64.4 Å². The molecule has 1 aromatic carbocycles. The molecule has 2 amide bonds. The van der Waals surface area contributed by atoms with Crippen LogP contribution in [0, 0.1) is 0 Å². The van der Waals surface area contributed by atoms with Crippen molar-refractivity contribution in [3.63, 3.8) is 0 Å². The summed E-state index contributed by atoms with van der Waals surface area (Å²) in [6.45, 7) is 9.33. The number of carbonyl (C=O) groups is 2. The number of aryl methyl sites for hydroxylation is 1. The summed E-state index contributed by atoms with van der Waals surface area (Å²) in [6.07, 6.45) is 5.02. The highest BCUT2D eigenvalue weighted by atomic mass is 32.2. The van der Waals surface area contributed by atoms with Crippen molar-refractivity contribution in [1.82, 2.24) is 20.1 Å². The molecule has 7 heteroatoms. The standard InChI is InChI=1S/C20H28N4O2S/c1-5-6-7-12-24-14-21-23-19(24)27-13-17(25)22-18(26)15-8-10-16(11-9-15)20(2,3)4/h8-11,14H,5-7,12-13H2,1-4H3,(H,22,25,26). The molecule has 146 valence electrons. The first-order chi connectivity index (χ1) is 12.8. The Labute approximate surface area is 165 Å². The van der Waals surface area contributed by atoms with Gasteiger partial charge in [-0.05, 0) is 29.5 Å². The molecule has 1 aromatic heterocycles. The Morgan fingerprint density at radius 1 is 1.15 bits per heavy atom. The molecule has 0 spiro atoms. The summed E-state index contributed by atoms with van der Waals surface area (Å²) in [5, 5.41) is 11.1. The first-order valence-electron chi connectivity index (χ1n) is 9.26. The summed E-state index contributed by atoms with van der Waals surface area (Å²) < 4.78 is 1.95. The molecule has 1 heterocycles. The molecule has 0 radical (unpaired) electrons. The van der Waals surface area contributed by atoms with E-state index < -0.39 is 0 Å². The molecule has 0 saturated carbocycles. The lowest BCUT2D eigenvalue weighted by Crippen LogP contribution is -2.32. The van der Waals surface area contributed by atoms with Crippen molar-refractivity contribution in [2.24, 2.45) is 0 Å². The molecule has 1 N–H and O–H groups in total. The molecule has 6 nitrogen and oxygen atoms in total. The first-order valence-corrected chi connectivity index (χ1v) is 10.2. The van der Waals surface area contributed by atoms with Crippen LogP contribution >= 0.6 is 11.8 Å². The maximum atomic E-state index is 12.2. The maximum Gasteiger partial charge on any atom is 0.257 e. The molecule has 2 aromatic rings. The Morgan fingerprint density at radius 2 is 1.85 bits per heavy atom. The lowest BCUT2D eigenvalue weighted by Gasteiger charge is -2.18. The Hall–Kier alpha value is -2.15. The van der Waals surface area contributed by atoms with Crippen molar-refractivity contribution in [3.8, 4) is 0 Å². The summed E-state index contributed by atoms with van der Waals surface area (Å²) in [5.41, 5.74) is 1.64. The number of imide groups is 1. The van der Waals surface area contributed by atoms with Crippen LogP contribution in [0.3, 0.4) is 0 Å². The zero-order valence-electron chi connectivity index (χ0n) is 16.5. The molecular weight excluding hydrogens is 360 g/mol. The number of nitrogens with one attached hydrogen (secondary N) is 1. The lowest BCUT2D eigenvalue weighted by molar-refractivity contribution is -0.117. The second-order valence-corrected chi connectivity index (χ2v) is 8.45. The van der Waals surface area contributed by atoms with E-state index in [2.05, 4.69) is 43.2 Å². The number of hydrogen-bond acceptors (Lipinski definition) is 5. The Bertz CT molecular complexity index is 763. The molecule has 0 aliphatic carbocycles. The number of carbonyl (C=O) groups excluding carboxylic acids is 2. The third kappa shape index (κ3) is 6.50. The van der Waals surface area contributed by atoms with E-state index in [1.165, 1.54) is 11.8 Å². The van der Waals surface area contributed by atoms with Crippen LogP contribution in [0.1, 0.15) is 62.9 Å². The highest BCUT2D eigenvalue weighted by molar-refractivity contribution is 7.99. The fourth-order valence-corrected chi connectivity index (χ4v) is 3.27. The van der Waals surface area contributed by atoms with Gasteiger partial charge in [-0.15, -0.1) is 10.2 Å². The fourth-order valence-electron chi connectivity index (χ4n) is 2.53. The minimum atomic E-state index is -0.384. The van der Waals surface area contributed by atoms with Crippen LogP contribution in [0.15, 0.2) is 35.7 Å². The van der Waals surface area contributed by atoms with E-state index >= 15 is 0 Å². The van der Waals surface area contributed by atoms with Gasteiger partial charge in [0, 0.05) is 12.1 Å². The van der Waals surface area contributed by atoms with Crippen molar-refractivity contribution in [2.75, 3.05) is 5.75 Å². The van der Waals surface area contributed by atoms with E-state index in [0.717, 1.165) is 31.4 Å². The average molecular weight is 389 g/mol. The van der Waals surface area contributed by atoms with Crippen LogP contribution in [0.4, 0.5) is 0 Å². The van der Waals surface area contributed by atoms with Crippen molar-refractivity contribution in [3.05, 3.63) is 41.7 Å². The summed E-state index contributed by atoms with van der Waals surface area (Å²) in [5.74, 6) is -0.600. The van der Waals surface area contributed by atoms with Gasteiger partial charge >= 0.3 is 0 Å². The maximum absolute atomic E-state index is 12.2. The van der Waals surface area contributed by atoms with Gasteiger partial charge in [0.2, 0.25) is 5.91 Å². The van der Waals surface area contributed by atoms with Crippen LogP contribution in [-0.4, -0.2) is 32.3 Å². The molecular formula is C20H28N4O2S. The minimum absolute atomic E-state index is 0.0224. The summed E-state index contributed by atoms with van der Waals surface area (Å²) >= 11 is 1.29. The van der Waals surface area contributed by atoms with E-state index in [9.17, 15) is 9.59 Å². The molecule has 0 atom stereocenters. The van der Waals surface area contributed by atoms with E-state index in [0.29, 0.717) is 10.7 Å². The Kier molecular flexibility index (Phi) is 7.59. The Balaban J connectivity index is 1.85. The van der Waals surface area contributed by atoms with Gasteiger partial charge in [-0.25, -0.2) is 0 Å². The van der Waals surface area contributed by atoms with Crippen LogP contribution in [-0.2, 0) is 16.8 Å². The van der Waals surface area contributed by atoms with Gasteiger partial charge in [-0.3, -0.25) is 14.9 Å². The molecule has 0 aliphatic rings. The smallest absolute Gasteiger partial charge is 0.257 e. The quantitative estimate of drug-likeness (QED) is 0.549. The van der Waals surface area contributed by atoms with Crippen molar-refractivity contribution >= 4 is 23.6 Å². The number of rotatable bonds is 8. The van der Waals surface area contributed by atoms with Crippen molar-refractivity contribution < 1.29 is 9.59 Å². The zero-order valence-corrected chi connectivity index (χ0v) is 17.3. The molecule has 2 rings (SSSR count). The number of unbranched alkanes of at least 4 members (excludes halogenated alkanes) is 2. The molecule has 0 unspecified atom stereocenters. The molecule has 0 bridgehead atoms. The third-order valence-corrected chi connectivity index (χ3v) is 5.16. The van der Waals surface area contributed by atoms with Crippen LogP contribution in [0.25, 0.3) is 0 Å². The van der Waals surface area contributed by atoms with E-state index in [-0.39, 0.29) is 23.0 Å². The number of aromatic nitrogens is 3. The highest BCUT2D eigenvalue weighted by Gasteiger charge is 2.16. The van der Waals surface area contributed by atoms with Crippen LogP contribution in [0.5, 0.6) is 0 Å². The highest BCUT2D eigenvalue weighted by Crippen LogP contribution is 2.22. The normalized spacial score (nSPS) is 11.4. The van der Waals surface area contributed by atoms with Gasteiger partial charge in [0.15, 0.2) is 5.16 Å². The predicted octanol–water partition coefficient (Wildman–Crippen LogP) is 3.81. The van der Waals surface area contributed by atoms with Crippen LogP contribution < -0.4 is 5.32 Å². The number of amides is 2. The SMILES string of the molecule is CCCCCn1cnnc1SCC(=O)NC(=O)c1ccc(C(C)(C)C)cc1. The van der Waals surface area contributed by atoms with Gasteiger partial charge in [0.1, 0.15) is 6.33 Å². The molecule has 0 saturated heterocycles. The second-order valence-electron chi connectivity index (χ2n) is 7.51. The Morgan fingerprint density at radius 3 is 2.48 bits per heavy atom. The first kappa shape index (κ1) is 21.2. The van der Waals surface area contributed by atoms with Gasteiger partial charge in [-0.2, -0.15) is 0 Å². The summed E-state index contributed by atoms with van der Waals surface area (Å²) in [6, 6.07) is 7.35. The van der Waals surface area contributed by atoms with E-state index in [1.807, 2.05) is 16.7 Å². The summed E-state index contributed by atoms with van der Waals surface area (Å²) in [7, 11) is 0. The minimum Gasteiger partial charge on any atom is -0.309 e. The zero-order chi connectivity index (χ0) is 19.9. The molecule has 27 heavy (non-hydrogen) atoms. The number of benzene rings is 1. The van der Waals surface area contributed by atoms with Gasteiger partial charge < -0.3 is 4.57 Å². The predicted molar refractivity (Wildman–Crippen MR) is 108 cm³/mol. The van der Waals surface area contributed by atoms with Crippen molar-refractivity contribution in [1.29, 1.82) is 0 Å². The number of hydrogen-bond donors (Lipinski definition) is 1. The number of nitrogens with zero attached hydrogens (tertiary/aromatic N) is 3. The van der Waals surface area contributed by atoms with Gasteiger partial charge in [0.05, 0.1) is 5.75 Å². The number of thioether (sulfide) groups is 1. The van der Waals surface area contributed by atoms with Crippen molar-refractivity contribution in [2.45, 2.75) is 64.1 Å². The second kappa shape index (κ2) is 9.69. The van der Waals surface area contributed by atoms with Gasteiger partial charge in [0.25, 0.3) is 5.91 Å². The third-order valence-electron chi connectivity index (χ3n) is 4.18. The molecule has 0 aliphatic heterocycles. The lowest BCUT2D eigenvalue weighted by atomic mass is 9.87.